The summed E-state index contributed by atoms with van der Waals surface area (Å²) >= 11 is 8.65. The van der Waals surface area contributed by atoms with Gasteiger partial charge in [0.05, 0.1) is 0 Å². The molecule has 0 aromatic rings. The molecule has 0 spiro atoms. The lowest BCUT2D eigenvalue weighted by Crippen LogP contribution is -2.22. The highest BCUT2D eigenvalue weighted by atomic mass is 32.2. The number of unbranched alkanes of at least 4 members (excludes halogenated alkanes) is 1. The molecule has 100 valence electrons. The Bertz CT molecular complexity index is 202. The van der Waals surface area contributed by atoms with Gasteiger partial charge in [0, 0.05) is 33.5 Å². The van der Waals surface area contributed by atoms with Crippen molar-refractivity contribution in [2.24, 2.45) is 5.92 Å². The molecule has 1 unspecified atom stereocenters. The van der Waals surface area contributed by atoms with Crippen molar-refractivity contribution in [3.8, 4) is 0 Å². The monoisotopic (exact) mass is 308 g/mol. The van der Waals surface area contributed by atoms with Crippen LogP contribution in [0.15, 0.2) is 0 Å². The van der Waals surface area contributed by atoms with E-state index in [0.29, 0.717) is 0 Å². The van der Waals surface area contributed by atoms with Gasteiger partial charge < -0.3 is 0 Å². The standard InChI is InChI=1S/C13H24S4/c1-11(6-17-13-9-15-10-13)4-2-3-5-16-12-7-14-8-12/h11-13H,2-10H2,1H3. The van der Waals surface area contributed by atoms with Crippen LogP contribution in [-0.4, -0.2) is 45.0 Å². The predicted octanol–water partition coefficient (Wildman–Crippen LogP) is 4.49. The number of thioether (sulfide) groups is 4. The fraction of sp³-hybridized carbons (Fsp3) is 1.00. The van der Waals surface area contributed by atoms with Gasteiger partial charge in [0.2, 0.25) is 0 Å². The maximum absolute atomic E-state index is 2.44. The summed E-state index contributed by atoms with van der Waals surface area (Å²) in [6, 6.07) is 0. The first-order chi connectivity index (χ1) is 8.34. The fourth-order valence-electron chi connectivity index (χ4n) is 1.85. The number of rotatable bonds is 9. The summed E-state index contributed by atoms with van der Waals surface area (Å²) in [5.74, 6) is 9.40. The molecular weight excluding hydrogens is 284 g/mol. The van der Waals surface area contributed by atoms with Crippen LogP contribution in [0.2, 0.25) is 0 Å². The summed E-state index contributed by atoms with van der Waals surface area (Å²) in [6.45, 7) is 2.44. The van der Waals surface area contributed by atoms with E-state index in [2.05, 4.69) is 54.0 Å². The van der Waals surface area contributed by atoms with E-state index in [4.69, 9.17) is 0 Å². The molecule has 0 amide bonds. The van der Waals surface area contributed by atoms with E-state index in [1.165, 1.54) is 53.8 Å². The first-order valence-electron chi connectivity index (χ1n) is 6.73. The highest BCUT2D eigenvalue weighted by Gasteiger charge is 2.19. The highest BCUT2D eigenvalue weighted by molar-refractivity contribution is 8.07. The van der Waals surface area contributed by atoms with Crippen LogP contribution < -0.4 is 0 Å². The van der Waals surface area contributed by atoms with Gasteiger partial charge in [0.15, 0.2) is 0 Å². The lowest BCUT2D eigenvalue weighted by Gasteiger charge is -2.25. The van der Waals surface area contributed by atoms with Gasteiger partial charge in [-0.3, -0.25) is 0 Å². The van der Waals surface area contributed by atoms with Crippen LogP contribution in [0.3, 0.4) is 0 Å². The quantitative estimate of drug-likeness (QED) is 0.575. The maximum atomic E-state index is 2.44. The lowest BCUT2D eigenvalue weighted by molar-refractivity contribution is 0.559. The van der Waals surface area contributed by atoms with Crippen molar-refractivity contribution < 1.29 is 0 Å². The van der Waals surface area contributed by atoms with Crippen molar-refractivity contribution in [2.45, 2.75) is 36.7 Å². The Hall–Kier alpha value is 1.40. The molecule has 4 heteroatoms. The van der Waals surface area contributed by atoms with Gasteiger partial charge in [0.1, 0.15) is 0 Å². The molecule has 17 heavy (non-hydrogen) atoms. The highest BCUT2D eigenvalue weighted by Crippen LogP contribution is 2.32. The van der Waals surface area contributed by atoms with E-state index in [9.17, 15) is 0 Å². The second-order valence-electron chi connectivity index (χ2n) is 5.12. The first-order valence-corrected chi connectivity index (χ1v) is 11.1. The van der Waals surface area contributed by atoms with Crippen LogP contribution in [0, 0.1) is 5.92 Å². The molecule has 2 rings (SSSR count). The Labute approximate surface area is 124 Å². The second kappa shape index (κ2) is 8.55. The van der Waals surface area contributed by atoms with Gasteiger partial charge >= 0.3 is 0 Å². The van der Waals surface area contributed by atoms with Crippen LogP contribution in [0.4, 0.5) is 0 Å². The van der Waals surface area contributed by atoms with Crippen molar-refractivity contribution >= 4 is 47.0 Å². The molecule has 0 N–H and O–H groups in total. The van der Waals surface area contributed by atoms with E-state index in [-0.39, 0.29) is 0 Å². The summed E-state index contributed by atoms with van der Waals surface area (Å²) in [5.41, 5.74) is 0. The molecular formula is C13H24S4. The summed E-state index contributed by atoms with van der Waals surface area (Å²) in [6.07, 6.45) is 4.35. The normalized spacial score (nSPS) is 23.1. The Morgan fingerprint density at radius 2 is 1.65 bits per heavy atom. The Kier molecular flexibility index (Phi) is 7.44. The van der Waals surface area contributed by atoms with E-state index < -0.39 is 0 Å². The first kappa shape index (κ1) is 14.8. The van der Waals surface area contributed by atoms with E-state index in [0.717, 1.165) is 16.4 Å². The zero-order chi connectivity index (χ0) is 11.9. The average molecular weight is 309 g/mol. The van der Waals surface area contributed by atoms with Crippen LogP contribution in [0.5, 0.6) is 0 Å². The van der Waals surface area contributed by atoms with Crippen LogP contribution in [-0.2, 0) is 0 Å². The SMILES string of the molecule is CC(CCCCSC1CSC1)CSC1CSC1. The molecule has 2 fully saturated rings. The van der Waals surface area contributed by atoms with Crippen molar-refractivity contribution in [1.82, 2.24) is 0 Å². The van der Waals surface area contributed by atoms with Gasteiger partial charge in [-0.15, -0.1) is 0 Å². The minimum Gasteiger partial charge on any atom is -0.160 e. The molecule has 0 radical (unpaired) electrons. The molecule has 0 saturated carbocycles. The third-order valence-electron chi connectivity index (χ3n) is 3.28. The van der Waals surface area contributed by atoms with Crippen LogP contribution in [0.25, 0.3) is 0 Å². The minimum absolute atomic E-state index is 0.940. The summed E-state index contributed by atoms with van der Waals surface area (Å²) in [4.78, 5) is 0. The molecule has 2 saturated heterocycles. The van der Waals surface area contributed by atoms with Crippen molar-refractivity contribution in [1.29, 1.82) is 0 Å². The smallest absolute Gasteiger partial charge is 0.0228 e. The molecule has 2 aliphatic heterocycles. The van der Waals surface area contributed by atoms with Crippen molar-refractivity contribution in [3.63, 3.8) is 0 Å². The van der Waals surface area contributed by atoms with Crippen molar-refractivity contribution in [3.05, 3.63) is 0 Å². The van der Waals surface area contributed by atoms with E-state index >= 15 is 0 Å². The molecule has 1 atom stereocenters. The van der Waals surface area contributed by atoms with E-state index in [1.54, 1.807) is 0 Å². The zero-order valence-corrected chi connectivity index (χ0v) is 14.0. The maximum Gasteiger partial charge on any atom is 0.0228 e. The zero-order valence-electron chi connectivity index (χ0n) is 10.7. The van der Waals surface area contributed by atoms with Crippen molar-refractivity contribution in [2.75, 3.05) is 34.5 Å². The summed E-state index contributed by atoms with van der Waals surface area (Å²) in [7, 11) is 0. The molecule has 0 aromatic carbocycles. The Morgan fingerprint density at radius 3 is 2.24 bits per heavy atom. The molecule has 0 nitrogen and oxygen atoms in total. The number of hydrogen-bond donors (Lipinski definition) is 0. The molecule has 0 aliphatic carbocycles. The molecule has 2 heterocycles. The third-order valence-corrected chi connectivity index (χ3v) is 9.57. The van der Waals surface area contributed by atoms with Gasteiger partial charge in [-0.05, 0) is 30.3 Å². The van der Waals surface area contributed by atoms with Crippen LogP contribution >= 0.6 is 47.0 Å². The number of hydrogen-bond acceptors (Lipinski definition) is 4. The van der Waals surface area contributed by atoms with Gasteiger partial charge in [-0.25, -0.2) is 0 Å². The van der Waals surface area contributed by atoms with Gasteiger partial charge in [-0.1, -0.05) is 13.3 Å². The average Bonchev–Trinajstić information content (AvgIpc) is 2.18. The lowest BCUT2D eigenvalue weighted by atomic mass is 10.1. The summed E-state index contributed by atoms with van der Waals surface area (Å²) < 4.78 is 0. The molecule has 0 bridgehead atoms. The van der Waals surface area contributed by atoms with E-state index in [1.807, 2.05) is 0 Å². The fourth-order valence-corrected chi connectivity index (χ4v) is 6.87. The Morgan fingerprint density at radius 1 is 1.00 bits per heavy atom. The predicted molar refractivity (Wildman–Crippen MR) is 90.2 cm³/mol. The minimum atomic E-state index is 0.940. The van der Waals surface area contributed by atoms with Crippen LogP contribution in [0.1, 0.15) is 26.2 Å². The third kappa shape index (κ3) is 5.92. The second-order valence-corrected chi connectivity index (χ2v) is 10.0. The van der Waals surface area contributed by atoms with Gasteiger partial charge in [0.25, 0.3) is 0 Å². The molecule has 2 aliphatic rings. The molecule has 0 aromatic heterocycles. The largest absolute Gasteiger partial charge is 0.160 e. The summed E-state index contributed by atoms with van der Waals surface area (Å²) in [5, 5.41) is 2.00. The van der Waals surface area contributed by atoms with Gasteiger partial charge in [-0.2, -0.15) is 47.0 Å². The topological polar surface area (TPSA) is 0 Å². The Balaban J connectivity index is 1.35.